The number of benzene rings is 1. The normalized spacial score (nSPS) is 12.2. The number of aromatic nitrogens is 2. The molecule has 134 valence electrons. The fourth-order valence-corrected chi connectivity index (χ4v) is 2.64. The van der Waals surface area contributed by atoms with Crippen molar-refractivity contribution in [2.24, 2.45) is 0 Å². The molecular formula is C15H12F3N2O4S-. The summed E-state index contributed by atoms with van der Waals surface area (Å²) >= 11 is 0. The molecule has 0 spiro atoms. The number of aromatic carboxylic acids is 1. The molecule has 0 atom stereocenters. The fourth-order valence-electron chi connectivity index (χ4n) is 2.12. The van der Waals surface area contributed by atoms with Gasteiger partial charge in [-0.1, -0.05) is 18.2 Å². The highest BCUT2D eigenvalue weighted by Crippen LogP contribution is 2.31. The van der Waals surface area contributed by atoms with E-state index in [4.69, 9.17) is 0 Å². The molecule has 25 heavy (non-hydrogen) atoms. The quantitative estimate of drug-likeness (QED) is 0.726. The first-order valence-corrected chi connectivity index (χ1v) is 8.81. The molecule has 0 radical (unpaired) electrons. The minimum Gasteiger partial charge on any atom is -0.545 e. The van der Waals surface area contributed by atoms with E-state index in [1.165, 1.54) is 18.2 Å². The third kappa shape index (κ3) is 4.75. The first-order valence-electron chi connectivity index (χ1n) is 6.92. The van der Waals surface area contributed by atoms with E-state index in [2.05, 4.69) is 9.97 Å². The van der Waals surface area contributed by atoms with Crippen molar-refractivity contribution in [3.05, 3.63) is 52.8 Å². The zero-order valence-corrected chi connectivity index (χ0v) is 13.7. The first-order chi connectivity index (χ1) is 11.5. The molecule has 0 saturated carbocycles. The van der Waals surface area contributed by atoms with Crippen LogP contribution in [0.5, 0.6) is 0 Å². The number of aryl methyl sites for hydroxylation is 2. The SMILES string of the molecule is CS(=O)(=O)c1ncc(C(F)(F)F)c(CCc2cccc(C(=O)[O-])c2)n1. The second-order valence-electron chi connectivity index (χ2n) is 5.27. The van der Waals surface area contributed by atoms with Crippen LogP contribution in [-0.4, -0.2) is 30.6 Å². The van der Waals surface area contributed by atoms with Crippen LogP contribution in [-0.2, 0) is 28.9 Å². The number of carboxylic acids is 1. The number of carbonyl (C=O) groups is 1. The Kier molecular flexibility index (Phi) is 5.12. The summed E-state index contributed by atoms with van der Waals surface area (Å²) in [4.78, 5) is 17.6. The van der Waals surface area contributed by atoms with Gasteiger partial charge in [0.1, 0.15) is 0 Å². The number of halogens is 3. The standard InChI is InChI=1S/C15H13F3N2O4S/c1-25(23,24)14-19-8-11(15(16,17)18)12(20-14)6-5-9-3-2-4-10(7-9)13(21)22/h2-4,7-8H,5-6H2,1H3,(H,21,22)/p-1. The van der Waals surface area contributed by atoms with Crippen molar-refractivity contribution >= 4 is 15.8 Å². The third-order valence-corrected chi connectivity index (χ3v) is 4.16. The molecule has 0 fully saturated rings. The highest BCUT2D eigenvalue weighted by molar-refractivity contribution is 7.90. The molecule has 0 aliphatic rings. The Balaban J connectivity index is 2.37. The highest BCUT2D eigenvalue weighted by atomic mass is 32.2. The molecule has 0 bridgehead atoms. The summed E-state index contributed by atoms with van der Waals surface area (Å²) in [5.74, 6) is -1.40. The largest absolute Gasteiger partial charge is 0.545 e. The lowest BCUT2D eigenvalue weighted by atomic mass is 10.0. The van der Waals surface area contributed by atoms with E-state index < -0.39 is 38.4 Å². The zero-order valence-electron chi connectivity index (χ0n) is 12.9. The van der Waals surface area contributed by atoms with Gasteiger partial charge in [0.15, 0.2) is 0 Å². The van der Waals surface area contributed by atoms with Crippen molar-refractivity contribution in [1.29, 1.82) is 0 Å². The van der Waals surface area contributed by atoms with Gasteiger partial charge in [-0.15, -0.1) is 0 Å². The van der Waals surface area contributed by atoms with Gasteiger partial charge in [-0.3, -0.25) is 0 Å². The van der Waals surface area contributed by atoms with Crippen LogP contribution in [0.25, 0.3) is 0 Å². The lowest BCUT2D eigenvalue weighted by Gasteiger charge is -2.13. The Morgan fingerprint density at radius 1 is 1.24 bits per heavy atom. The highest BCUT2D eigenvalue weighted by Gasteiger charge is 2.35. The summed E-state index contributed by atoms with van der Waals surface area (Å²) in [5, 5.41) is 10.1. The van der Waals surface area contributed by atoms with Crippen molar-refractivity contribution in [3.8, 4) is 0 Å². The van der Waals surface area contributed by atoms with Gasteiger partial charge in [0.05, 0.1) is 17.2 Å². The van der Waals surface area contributed by atoms with Gasteiger partial charge in [0.25, 0.3) is 0 Å². The van der Waals surface area contributed by atoms with Gasteiger partial charge in [-0.25, -0.2) is 18.4 Å². The van der Waals surface area contributed by atoms with E-state index in [1.54, 1.807) is 6.07 Å². The van der Waals surface area contributed by atoms with Crippen LogP contribution in [0.3, 0.4) is 0 Å². The van der Waals surface area contributed by atoms with Gasteiger partial charge in [0, 0.05) is 12.5 Å². The van der Waals surface area contributed by atoms with E-state index in [0.717, 1.165) is 6.26 Å². The number of hydrogen-bond acceptors (Lipinski definition) is 6. The van der Waals surface area contributed by atoms with Crippen LogP contribution in [0.2, 0.25) is 0 Å². The van der Waals surface area contributed by atoms with Crippen LogP contribution in [0.15, 0.2) is 35.6 Å². The van der Waals surface area contributed by atoms with E-state index in [9.17, 15) is 31.5 Å². The molecule has 0 N–H and O–H groups in total. The Labute approximate surface area is 141 Å². The average Bonchev–Trinajstić information content (AvgIpc) is 2.51. The maximum atomic E-state index is 13.1. The number of carboxylic acid groups (broad SMARTS) is 1. The molecule has 0 aliphatic heterocycles. The molecule has 1 heterocycles. The van der Waals surface area contributed by atoms with Gasteiger partial charge in [-0.2, -0.15) is 13.2 Å². The lowest BCUT2D eigenvalue weighted by molar-refractivity contribution is -0.255. The van der Waals surface area contributed by atoms with Gasteiger partial charge in [-0.05, 0) is 30.0 Å². The second-order valence-corrected chi connectivity index (χ2v) is 7.18. The van der Waals surface area contributed by atoms with Crippen LogP contribution in [0, 0.1) is 0 Å². The molecular weight excluding hydrogens is 361 g/mol. The van der Waals surface area contributed by atoms with Gasteiger partial charge in [0.2, 0.25) is 15.0 Å². The molecule has 1 aromatic carbocycles. The van der Waals surface area contributed by atoms with E-state index in [1.807, 2.05) is 0 Å². The van der Waals surface area contributed by atoms with Crippen molar-refractivity contribution in [2.45, 2.75) is 24.2 Å². The molecule has 1 aromatic heterocycles. The molecule has 2 aromatic rings. The average molecular weight is 373 g/mol. The third-order valence-electron chi connectivity index (χ3n) is 3.30. The summed E-state index contributed by atoms with van der Waals surface area (Å²) in [5.41, 5.74) is -1.25. The van der Waals surface area contributed by atoms with Crippen LogP contribution in [0.4, 0.5) is 13.2 Å². The van der Waals surface area contributed by atoms with Gasteiger partial charge >= 0.3 is 6.18 Å². The van der Waals surface area contributed by atoms with E-state index >= 15 is 0 Å². The molecule has 10 heteroatoms. The number of nitrogens with zero attached hydrogens (tertiary/aromatic N) is 2. The smallest absolute Gasteiger partial charge is 0.419 e. The monoisotopic (exact) mass is 373 g/mol. The van der Waals surface area contributed by atoms with E-state index in [-0.39, 0.29) is 18.4 Å². The Morgan fingerprint density at radius 3 is 2.48 bits per heavy atom. The molecule has 6 nitrogen and oxygen atoms in total. The topological polar surface area (TPSA) is 100 Å². The van der Waals surface area contributed by atoms with Crippen molar-refractivity contribution in [3.63, 3.8) is 0 Å². The summed E-state index contributed by atoms with van der Waals surface area (Å²) in [6.45, 7) is 0. The number of sulfone groups is 1. The minimum absolute atomic E-state index is 0.0322. The lowest BCUT2D eigenvalue weighted by Crippen LogP contribution is -2.22. The Bertz CT molecular complexity index is 911. The maximum absolute atomic E-state index is 13.1. The van der Waals surface area contributed by atoms with Crippen LogP contribution < -0.4 is 5.11 Å². The minimum atomic E-state index is -4.74. The fraction of sp³-hybridized carbons (Fsp3) is 0.267. The number of alkyl halides is 3. The Morgan fingerprint density at radius 2 is 1.92 bits per heavy atom. The molecule has 0 amide bonds. The van der Waals surface area contributed by atoms with Crippen molar-refractivity contribution in [2.75, 3.05) is 6.26 Å². The van der Waals surface area contributed by atoms with Crippen molar-refractivity contribution in [1.82, 2.24) is 9.97 Å². The predicted octanol–water partition coefficient (Wildman–Crippen LogP) is 1.05. The van der Waals surface area contributed by atoms with Crippen LogP contribution in [0.1, 0.15) is 27.2 Å². The predicted molar refractivity (Wildman–Crippen MR) is 78.3 cm³/mol. The van der Waals surface area contributed by atoms with Crippen LogP contribution >= 0.6 is 0 Å². The maximum Gasteiger partial charge on any atom is 0.419 e. The molecule has 0 saturated heterocycles. The number of carbonyl (C=O) groups excluding carboxylic acids is 1. The van der Waals surface area contributed by atoms with Gasteiger partial charge < -0.3 is 9.90 Å². The number of rotatable bonds is 5. The molecule has 0 aliphatic carbocycles. The summed E-state index contributed by atoms with van der Waals surface area (Å²) < 4.78 is 62.1. The first kappa shape index (κ1) is 18.8. The zero-order chi connectivity index (χ0) is 18.8. The summed E-state index contributed by atoms with van der Waals surface area (Å²) in [7, 11) is -3.86. The number of hydrogen-bond donors (Lipinski definition) is 0. The summed E-state index contributed by atoms with van der Waals surface area (Å²) in [6, 6.07) is 5.55. The summed E-state index contributed by atoms with van der Waals surface area (Å²) in [6.07, 6.45) is -3.71. The van der Waals surface area contributed by atoms with E-state index in [0.29, 0.717) is 11.8 Å². The second kappa shape index (κ2) is 6.79. The molecule has 2 rings (SSSR count). The van der Waals surface area contributed by atoms with Crippen molar-refractivity contribution < 1.29 is 31.5 Å². The Hall–Kier alpha value is -2.49. The molecule has 0 unspecified atom stereocenters.